The molecule has 0 saturated heterocycles. The maximum absolute atomic E-state index is 2.44. The van der Waals surface area contributed by atoms with Crippen molar-refractivity contribution in [1.82, 2.24) is 0 Å². The van der Waals surface area contributed by atoms with E-state index < -0.39 is 0 Å². The molecule has 0 aliphatic rings. The van der Waals surface area contributed by atoms with Gasteiger partial charge in [-0.2, -0.15) is 0 Å². The summed E-state index contributed by atoms with van der Waals surface area (Å²) in [6.07, 6.45) is 0. The van der Waals surface area contributed by atoms with Crippen LogP contribution in [0.3, 0.4) is 0 Å². The Hall–Kier alpha value is -1.56. The Morgan fingerprint density at radius 2 is 1.00 bits per heavy atom. The summed E-state index contributed by atoms with van der Waals surface area (Å²) in [6.45, 7) is 18.2. The molecule has 0 aromatic heterocycles. The summed E-state index contributed by atoms with van der Waals surface area (Å²) in [5, 5.41) is 0. The first-order chi connectivity index (χ1) is 10.7. The lowest BCUT2D eigenvalue weighted by atomic mass is 9.81. The average Bonchev–Trinajstić information content (AvgIpc) is 2.44. The third-order valence-electron chi connectivity index (χ3n) is 4.64. The fourth-order valence-corrected chi connectivity index (χ4v) is 3.41. The summed E-state index contributed by atoms with van der Waals surface area (Å²) < 4.78 is 0. The Labute approximate surface area is 143 Å². The second-order valence-electron chi connectivity index (χ2n) is 7.91. The molecule has 0 amide bonds. The molecule has 23 heavy (non-hydrogen) atoms. The minimum absolute atomic E-state index is 0.530. The Balaban J connectivity index is 2.83. The first kappa shape index (κ1) is 17.8. The summed E-state index contributed by atoms with van der Waals surface area (Å²) in [6, 6.07) is 11.8. The van der Waals surface area contributed by atoms with Gasteiger partial charge in [-0.05, 0) is 59.4 Å². The number of hydrogen-bond donors (Lipinski definition) is 0. The maximum atomic E-state index is 2.44. The highest BCUT2D eigenvalue weighted by Crippen LogP contribution is 2.39. The van der Waals surface area contributed by atoms with Crippen molar-refractivity contribution in [3.05, 3.63) is 58.1 Å². The van der Waals surface area contributed by atoms with Gasteiger partial charge in [-0.1, -0.05) is 83.0 Å². The van der Waals surface area contributed by atoms with Crippen molar-refractivity contribution in [3.63, 3.8) is 0 Å². The lowest BCUT2D eigenvalue weighted by Gasteiger charge is -2.23. The van der Waals surface area contributed by atoms with Gasteiger partial charge in [-0.25, -0.2) is 0 Å². The van der Waals surface area contributed by atoms with Crippen molar-refractivity contribution in [3.8, 4) is 11.1 Å². The minimum atomic E-state index is 0.530. The molecular formula is C23H32. The standard InChI is InChI=1S/C23H32/c1-14(2)19-12-21(15(3)4)23(22(13-19)16(5)6)20-10-17(7)9-18(8)11-20/h9-16H,1-8H3. The van der Waals surface area contributed by atoms with Crippen LogP contribution in [0.25, 0.3) is 11.1 Å². The first-order valence-electron chi connectivity index (χ1n) is 8.97. The lowest BCUT2D eigenvalue weighted by molar-refractivity contribution is 0.807. The third-order valence-corrected chi connectivity index (χ3v) is 4.64. The minimum Gasteiger partial charge on any atom is -0.0587 e. The molecule has 0 aliphatic carbocycles. The fourth-order valence-electron chi connectivity index (χ4n) is 3.41. The normalized spacial score (nSPS) is 11.8. The molecule has 0 aliphatic heterocycles. The zero-order chi connectivity index (χ0) is 17.3. The van der Waals surface area contributed by atoms with E-state index in [1.54, 1.807) is 0 Å². The second-order valence-corrected chi connectivity index (χ2v) is 7.91. The molecule has 0 N–H and O–H groups in total. The van der Waals surface area contributed by atoms with Crippen LogP contribution in [0.5, 0.6) is 0 Å². The van der Waals surface area contributed by atoms with Crippen LogP contribution < -0.4 is 0 Å². The molecule has 0 spiro atoms. The van der Waals surface area contributed by atoms with E-state index in [2.05, 4.69) is 85.7 Å². The fraction of sp³-hybridized carbons (Fsp3) is 0.478. The maximum Gasteiger partial charge on any atom is -0.0114 e. The quantitative estimate of drug-likeness (QED) is 0.554. The van der Waals surface area contributed by atoms with E-state index in [4.69, 9.17) is 0 Å². The van der Waals surface area contributed by atoms with Crippen molar-refractivity contribution in [2.45, 2.75) is 73.1 Å². The average molecular weight is 309 g/mol. The van der Waals surface area contributed by atoms with Gasteiger partial charge in [0.1, 0.15) is 0 Å². The topological polar surface area (TPSA) is 0 Å². The van der Waals surface area contributed by atoms with Gasteiger partial charge in [0.15, 0.2) is 0 Å². The SMILES string of the molecule is Cc1cc(C)cc(-c2c(C(C)C)cc(C(C)C)cc2C(C)C)c1. The van der Waals surface area contributed by atoms with Gasteiger partial charge >= 0.3 is 0 Å². The van der Waals surface area contributed by atoms with Crippen molar-refractivity contribution in [2.75, 3.05) is 0 Å². The molecule has 0 unspecified atom stereocenters. The van der Waals surface area contributed by atoms with Crippen LogP contribution in [-0.4, -0.2) is 0 Å². The molecule has 0 bridgehead atoms. The third kappa shape index (κ3) is 3.86. The van der Waals surface area contributed by atoms with Crippen LogP contribution in [0.15, 0.2) is 30.3 Å². The summed E-state index contributed by atoms with van der Waals surface area (Å²) in [4.78, 5) is 0. The molecule has 2 aromatic rings. The van der Waals surface area contributed by atoms with Gasteiger partial charge in [0.05, 0.1) is 0 Å². The highest BCUT2D eigenvalue weighted by molar-refractivity contribution is 5.74. The van der Waals surface area contributed by atoms with E-state index >= 15 is 0 Å². The van der Waals surface area contributed by atoms with Gasteiger partial charge in [0.2, 0.25) is 0 Å². The lowest BCUT2D eigenvalue weighted by Crippen LogP contribution is -2.04. The molecule has 2 rings (SSSR count). The molecule has 0 heterocycles. The zero-order valence-electron chi connectivity index (χ0n) is 16.1. The largest absolute Gasteiger partial charge is 0.0587 e. The smallest absolute Gasteiger partial charge is 0.0114 e. The second kappa shape index (κ2) is 6.91. The zero-order valence-corrected chi connectivity index (χ0v) is 16.1. The highest BCUT2D eigenvalue weighted by atomic mass is 14.2. The predicted octanol–water partition coefficient (Wildman–Crippen LogP) is 7.34. The highest BCUT2D eigenvalue weighted by Gasteiger charge is 2.18. The number of benzene rings is 2. The number of rotatable bonds is 4. The molecule has 0 fully saturated rings. The van der Waals surface area contributed by atoms with Crippen molar-refractivity contribution in [1.29, 1.82) is 0 Å². The first-order valence-corrected chi connectivity index (χ1v) is 8.97. The van der Waals surface area contributed by atoms with Crippen LogP contribution in [0.2, 0.25) is 0 Å². The van der Waals surface area contributed by atoms with E-state index in [-0.39, 0.29) is 0 Å². The Morgan fingerprint density at radius 1 is 0.565 bits per heavy atom. The van der Waals surface area contributed by atoms with E-state index in [9.17, 15) is 0 Å². The number of hydrogen-bond acceptors (Lipinski definition) is 0. The Kier molecular flexibility index (Phi) is 5.34. The van der Waals surface area contributed by atoms with Crippen LogP contribution >= 0.6 is 0 Å². The van der Waals surface area contributed by atoms with Crippen molar-refractivity contribution >= 4 is 0 Å². The van der Waals surface area contributed by atoms with Crippen molar-refractivity contribution in [2.24, 2.45) is 0 Å². The number of aryl methyl sites for hydroxylation is 2. The summed E-state index contributed by atoms with van der Waals surface area (Å²) in [5.41, 5.74) is 9.98. The van der Waals surface area contributed by atoms with Gasteiger partial charge in [-0.15, -0.1) is 0 Å². The molecule has 124 valence electrons. The monoisotopic (exact) mass is 308 g/mol. The molecule has 0 radical (unpaired) electrons. The van der Waals surface area contributed by atoms with E-state index in [1.165, 1.54) is 38.9 Å². The van der Waals surface area contributed by atoms with Crippen LogP contribution in [0, 0.1) is 13.8 Å². The predicted molar refractivity (Wildman–Crippen MR) is 104 cm³/mol. The summed E-state index contributed by atoms with van der Waals surface area (Å²) in [5.74, 6) is 1.63. The molecule has 0 heteroatoms. The molecule has 0 atom stereocenters. The molecule has 0 nitrogen and oxygen atoms in total. The van der Waals surface area contributed by atoms with Crippen LogP contribution in [-0.2, 0) is 0 Å². The molecule has 2 aromatic carbocycles. The van der Waals surface area contributed by atoms with Crippen molar-refractivity contribution < 1.29 is 0 Å². The van der Waals surface area contributed by atoms with Crippen LogP contribution in [0.1, 0.15) is 87.1 Å². The molecular weight excluding hydrogens is 276 g/mol. The van der Waals surface area contributed by atoms with Gasteiger partial charge < -0.3 is 0 Å². The van der Waals surface area contributed by atoms with Gasteiger partial charge in [0.25, 0.3) is 0 Å². The van der Waals surface area contributed by atoms with Gasteiger partial charge in [0, 0.05) is 0 Å². The summed E-state index contributed by atoms with van der Waals surface area (Å²) in [7, 11) is 0. The summed E-state index contributed by atoms with van der Waals surface area (Å²) >= 11 is 0. The molecule has 0 saturated carbocycles. The van der Waals surface area contributed by atoms with Crippen LogP contribution in [0.4, 0.5) is 0 Å². The Morgan fingerprint density at radius 3 is 1.35 bits per heavy atom. The van der Waals surface area contributed by atoms with E-state index in [0.717, 1.165) is 0 Å². The van der Waals surface area contributed by atoms with E-state index in [1.807, 2.05) is 0 Å². The van der Waals surface area contributed by atoms with E-state index in [0.29, 0.717) is 17.8 Å². The Bertz CT molecular complexity index is 638. The van der Waals surface area contributed by atoms with Gasteiger partial charge in [-0.3, -0.25) is 0 Å².